The van der Waals surface area contributed by atoms with Crippen molar-refractivity contribution in [3.63, 3.8) is 0 Å². The van der Waals surface area contributed by atoms with Gasteiger partial charge in [-0.3, -0.25) is 10.1 Å². The summed E-state index contributed by atoms with van der Waals surface area (Å²) in [4.78, 5) is 23.2. The number of aliphatic hydroxyl groups is 1. The van der Waals surface area contributed by atoms with Crippen LogP contribution in [0.25, 0.3) is 21.7 Å². The maximum Gasteiger partial charge on any atom is 0.340 e. The molecule has 0 amide bonds. The van der Waals surface area contributed by atoms with E-state index in [1.165, 1.54) is 42.5 Å². The SMILES string of the molecule is CCOC(=O)c1c(C)n(CC(O)c2ccc([N+](=O)[O-])cc2)c2c1cc(O)c1ccc(O)cc12. The number of hydrogen-bond donors (Lipinski definition) is 3. The molecule has 0 radical (unpaired) electrons. The average Bonchev–Trinajstić information content (AvgIpc) is 3.05. The molecule has 3 aromatic carbocycles. The van der Waals surface area contributed by atoms with E-state index in [-0.39, 0.29) is 35.9 Å². The number of ether oxygens (including phenoxy) is 1. The van der Waals surface area contributed by atoms with E-state index < -0.39 is 17.0 Å². The molecule has 1 unspecified atom stereocenters. The molecule has 0 aliphatic carbocycles. The predicted molar refractivity (Wildman–Crippen MR) is 122 cm³/mol. The molecule has 170 valence electrons. The molecule has 9 heteroatoms. The number of fused-ring (bicyclic) bond motifs is 3. The standard InChI is InChI=1S/C24H22N2O7/c1-3-33-24(30)22-13(2)25(12-21(29)14-4-6-15(7-5-14)26(31)32)23-18-10-16(27)8-9-17(18)20(28)11-19(22)23/h4-11,21,27-29H,3,12H2,1-2H3. The van der Waals surface area contributed by atoms with Crippen LogP contribution in [0.1, 0.15) is 34.6 Å². The maximum atomic E-state index is 12.8. The molecule has 1 atom stereocenters. The van der Waals surface area contributed by atoms with E-state index in [1.807, 2.05) is 0 Å². The summed E-state index contributed by atoms with van der Waals surface area (Å²) in [5.74, 6) is -0.646. The lowest BCUT2D eigenvalue weighted by molar-refractivity contribution is -0.384. The van der Waals surface area contributed by atoms with Crippen molar-refractivity contribution in [1.29, 1.82) is 0 Å². The molecule has 0 bridgehead atoms. The van der Waals surface area contributed by atoms with E-state index in [4.69, 9.17) is 4.74 Å². The summed E-state index contributed by atoms with van der Waals surface area (Å²) < 4.78 is 6.95. The number of aromatic nitrogens is 1. The minimum absolute atomic E-state index is 0.0200. The first-order valence-electron chi connectivity index (χ1n) is 10.3. The van der Waals surface area contributed by atoms with Crippen LogP contribution in [0.3, 0.4) is 0 Å². The van der Waals surface area contributed by atoms with Crippen molar-refractivity contribution >= 4 is 33.3 Å². The van der Waals surface area contributed by atoms with Gasteiger partial charge in [-0.1, -0.05) is 0 Å². The second-order valence-corrected chi connectivity index (χ2v) is 7.68. The van der Waals surface area contributed by atoms with Gasteiger partial charge in [0.25, 0.3) is 5.69 Å². The number of hydrogen-bond acceptors (Lipinski definition) is 7. The predicted octanol–water partition coefficient (Wildman–Crippen LogP) is 4.33. The number of carbonyl (C=O) groups excluding carboxylic acids is 1. The number of aliphatic hydroxyl groups excluding tert-OH is 1. The molecule has 0 spiro atoms. The van der Waals surface area contributed by atoms with Gasteiger partial charge in [-0.15, -0.1) is 0 Å². The van der Waals surface area contributed by atoms with E-state index in [9.17, 15) is 30.2 Å². The molecular weight excluding hydrogens is 428 g/mol. The van der Waals surface area contributed by atoms with Gasteiger partial charge in [-0.05, 0) is 55.8 Å². The summed E-state index contributed by atoms with van der Waals surface area (Å²) >= 11 is 0. The van der Waals surface area contributed by atoms with Gasteiger partial charge >= 0.3 is 5.97 Å². The Bertz CT molecular complexity index is 1390. The van der Waals surface area contributed by atoms with Crippen molar-refractivity contribution in [2.45, 2.75) is 26.5 Å². The van der Waals surface area contributed by atoms with Gasteiger partial charge in [-0.25, -0.2) is 4.79 Å². The molecule has 1 heterocycles. The number of carbonyl (C=O) groups is 1. The number of esters is 1. The quantitative estimate of drug-likeness (QED) is 0.226. The highest BCUT2D eigenvalue weighted by Gasteiger charge is 2.25. The van der Waals surface area contributed by atoms with Crippen LogP contribution in [0.2, 0.25) is 0 Å². The smallest absolute Gasteiger partial charge is 0.340 e. The summed E-state index contributed by atoms with van der Waals surface area (Å²) in [7, 11) is 0. The zero-order valence-electron chi connectivity index (χ0n) is 18.0. The third kappa shape index (κ3) is 3.83. The third-order valence-electron chi connectivity index (χ3n) is 5.70. The van der Waals surface area contributed by atoms with Crippen LogP contribution in [0.5, 0.6) is 11.5 Å². The number of phenolic OH excluding ortho intramolecular Hbond substituents is 2. The molecule has 0 aliphatic rings. The molecule has 3 N–H and O–H groups in total. The van der Waals surface area contributed by atoms with Gasteiger partial charge in [0.15, 0.2) is 0 Å². The van der Waals surface area contributed by atoms with Gasteiger partial charge in [0.2, 0.25) is 0 Å². The van der Waals surface area contributed by atoms with Crippen molar-refractivity contribution in [2.75, 3.05) is 6.61 Å². The van der Waals surface area contributed by atoms with Crippen LogP contribution in [-0.4, -0.2) is 37.4 Å². The molecule has 0 saturated carbocycles. The fourth-order valence-corrected chi connectivity index (χ4v) is 4.14. The van der Waals surface area contributed by atoms with E-state index in [0.717, 1.165) is 0 Å². The Kier molecular flexibility index (Phi) is 5.65. The molecule has 0 saturated heterocycles. The Hall–Kier alpha value is -4.11. The lowest BCUT2D eigenvalue weighted by atomic mass is 10.0. The summed E-state index contributed by atoms with van der Waals surface area (Å²) in [6, 6.07) is 11.6. The fourth-order valence-electron chi connectivity index (χ4n) is 4.14. The largest absolute Gasteiger partial charge is 0.508 e. The highest BCUT2D eigenvalue weighted by atomic mass is 16.6. The zero-order valence-corrected chi connectivity index (χ0v) is 18.0. The highest BCUT2D eigenvalue weighted by Crippen LogP contribution is 2.39. The normalized spacial score (nSPS) is 12.2. The fraction of sp³-hybridized carbons (Fsp3) is 0.208. The summed E-state index contributed by atoms with van der Waals surface area (Å²) in [6.07, 6.45) is -1.05. The highest BCUT2D eigenvalue weighted by molar-refractivity contribution is 6.16. The lowest BCUT2D eigenvalue weighted by Gasteiger charge is -2.16. The van der Waals surface area contributed by atoms with Crippen molar-refractivity contribution in [3.05, 3.63) is 75.5 Å². The number of nitro groups is 1. The van der Waals surface area contributed by atoms with Gasteiger partial charge in [0.1, 0.15) is 11.5 Å². The average molecular weight is 450 g/mol. The van der Waals surface area contributed by atoms with Crippen molar-refractivity contribution in [1.82, 2.24) is 4.57 Å². The number of rotatable bonds is 6. The van der Waals surface area contributed by atoms with Crippen molar-refractivity contribution in [3.8, 4) is 11.5 Å². The monoisotopic (exact) mass is 450 g/mol. The number of nitro benzene ring substituents is 1. The van der Waals surface area contributed by atoms with Crippen LogP contribution < -0.4 is 0 Å². The van der Waals surface area contributed by atoms with E-state index in [1.54, 1.807) is 24.5 Å². The Labute approximate surface area is 188 Å². The first-order valence-corrected chi connectivity index (χ1v) is 10.3. The number of phenols is 2. The third-order valence-corrected chi connectivity index (χ3v) is 5.70. The summed E-state index contributed by atoms with van der Waals surface area (Å²) in [6.45, 7) is 3.59. The molecular formula is C24H22N2O7. The van der Waals surface area contributed by atoms with E-state index >= 15 is 0 Å². The summed E-state index contributed by atoms with van der Waals surface area (Å²) in [5, 5.41) is 43.9. The molecule has 9 nitrogen and oxygen atoms in total. The van der Waals surface area contributed by atoms with Crippen LogP contribution in [0.15, 0.2) is 48.5 Å². The zero-order chi connectivity index (χ0) is 23.9. The lowest BCUT2D eigenvalue weighted by Crippen LogP contribution is -2.12. The van der Waals surface area contributed by atoms with Gasteiger partial charge < -0.3 is 24.6 Å². The van der Waals surface area contributed by atoms with Crippen molar-refractivity contribution < 1.29 is 29.8 Å². The Balaban J connectivity index is 1.92. The van der Waals surface area contributed by atoms with Crippen LogP contribution >= 0.6 is 0 Å². The second-order valence-electron chi connectivity index (χ2n) is 7.68. The minimum Gasteiger partial charge on any atom is -0.508 e. The first kappa shape index (κ1) is 22.1. The Morgan fingerprint density at radius 1 is 1.09 bits per heavy atom. The number of nitrogens with zero attached hydrogens (tertiary/aromatic N) is 2. The van der Waals surface area contributed by atoms with Gasteiger partial charge in [0.05, 0.1) is 35.3 Å². The van der Waals surface area contributed by atoms with E-state index in [0.29, 0.717) is 32.9 Å². The summed E-state index contributed by atoms with van der Waals surface area (Å²) in [5.41, 5.74) is 1.68. The first-order chi connectivity index (χ1) is 15.7. The number of benzene rings is 3. The Morgan fingerprint density at radius 3 is 2.42 bits per heavy atom. The molecule has 4 rings (SSSR count). The molecule has 0 fully saturated rings. The minimum atomic E-state index is -1.05. The maximum absolute atomic E-state index is 12.8. The van der Waals surface area contributed by atoms with Crippen LogP contribution in [-0.2, 0) is 11.3 Å². The van der Waals surface area contributed by atoms with Crippen LogP contribution in [0, 0.1) is 17.0 Å². The molecule has 33 heavy (non-hydrogen) atoms. The second kappa shape index (κ2) is 8.44. The molecule has 4 aromatic rings. The number of non-ortho nitro benzene ring substituents is 1. The van der Waals surface area contributed by atoms with Gasteiger partial charge in [0, 0.05) is 34.0 Å². The number of aromatic hydroxyl groups is 2. The Morgan fingerprint density at radius 2 is 1.79 bits per heavy atom. The molecule has 0 aliphatic heterocycles. The van der Waals surface area contributed by atoms with E-state index in [2.05, 4.69) is 0 Å². The van der Waals surface area contributed by atoms with Gasteiger partial charge in [-0.2, -0.15) is 0 Å². The van der Waals surface area contributed by atoms with Crippen molar-refractivity contribution in [2.24, 2.45) is 0 Å². The van der Waals surface area contributed by atoms with Crippen LogP contribution in [0.4, 0.5) is 5.69 Å². The molecule has 1 aromatic heterocycles. The topological polar surface area (TPSA) is 135 Å².